The number of hydrogen-bond donors (Lipinski definition) is 1. The van der Waals surface area contributed by atoms with E-state index in [4.69, 9.17) is 4.52 Å². The molecule has 1 atom stereocenters. The van der Waals surface area contributed by atoms with Crippen molar-refractivity contribution in [3.05, 3.63) is 77.2 Å². The van der Waals surface area contributed by atoms with Crippen LogP contribution in [0, 0.1) is 12.8 Å². The lowest BCUT2D eigenvalue weighted by Gasteiger charge is -2.30. The summed E-state index contributed by atoms with van der Waals surface area (Å²) in [6.07, 6.45) is 0. The normalized spacial score (nSPS) is 12.8. The Morgan fingerprint density at radius 2 is 1.74 bits per heavy atom. The van der Waals surface area contributed by atoms with Crippen molar-refractivity contribution in [3.8, 4) is 22.2 Å². The standard InChI is InChI=1S/C25H25N3O5S2/c1-16(2)22(25(29)30)28(15-18-7-5-4-6-8-18)35(31,32)20-12-10-19(11-13-20)24-26-23(27-33-24)21-14-9-17(3)34-21/h4-14,16,22H,15H2,1-3H3,(H,29,30)/t22-/m1/s1. The van der Waals surface area contributed by atoms with Crippen molar-refractivity contribution < 1.29 is 22.8 Å². The van der Waals surface area contributed by atoms with Crippen LogP contribution >= 0.6 is 11.3 Å². The third-order valence-electron chi connectivity index (χ3n) is 5.47. The number of aromatic nitrogens is 2. The molecule has 0 radical (unpaired) electrons. The fraction of sp³-hybridized carbons (Fsp3) is 0.240. The highest BCUT2D eigenvalue weighted by Gasteiger charge is 2.38. The molecule has 8 nitrogen and oxygen atoms in total. The van der Waals surface area contributed by atoms with E-state index < -0.39 is 28.0 Å². The minimum Gasteiger partial charge on any atom is -0.480 e. The smallest absolute Gasteiger partial charge is 0.322 e. The second kappa shape index (κ2) is 10.1. The van der Waals surface area contributed by atoms with Crippen molar-refractivity contribution in [2.75, 3.05) is 0 Å². The number of sulfonamides is 1. The molecule has 0 bridgehead atoms. The summed E-state index contributed by atoms with van der Waals surface area (Å²) in [7, 11) is -4.13. The van der Waals surface area contributed by atoms with Crippen LogP contribution in [0.25, 0.3) is 22.2 Å². The van der Waals surface area contributed by atoms with E-state index in [1.165, 1.54) is 12.1 Å². The van der Waals surface area contributed by atoms with Gasteiger partial charge in [-0.15, -0.1) is 11.3 Å². The average Bonchev–Trinajstić information content (AvgIpc) is 3.48. The molecule has 0 fully saturated rings. The Bertz CT molecular complexity index is 1410. The minimum absolute atomic E-state index is 0.0160. The molecule has 182 valence electrons. The van der Waals surface area contributed by atoms with E-state index >= 15 is 0 Å². The molecule has 0 saturated heterocycles. The molecule has 0 spiro atoms. The molecule has 10 heteroatoms. The molecule has 0 aliphatic carbocycles. The van der Waals surface area contributed by atoms with Crippen molar-refractivity contribution in [2.24, 2.45) is 5.92 Å². The van der Waals surface area contributed by atoms with Gasteiger partial charge in [-0.05, 0) is 54.8 Å². The van der Waals surface area contributed by atoms with Gasteiger partial charge < -0.3 is 9.63 Å². The van der Waals surface area contributed by atoms with E-state index in [1.54, 1.807) is 61.6 Å². The van der Waals surface area contributed by atoms with E-state index in [-0.39, 0.29) is 17.3 Å². The first-order valence-corrected chi connectivity index (χ1v) is 13.2. The predicted molar refractivity (Wildman–Crippen MR) is 133 cm³/mol. The van der Waals surface area contributed by atoms with E-state index in [1.807, 2.05) is 25.1 Å². The second-order valence-corrected chi connectivity index (χ2v) is 11.6. The van der Waals surface area contributed by atoms with Gasteiger partial charge in [0.05, 0.1) is 9.77 Å². The number of carboxylic acid groups (broad SMARTS) is 1. The SMILES string of the molecule is Cc1ccc(-c2noc(-c3ccc(S(=O)(=O)N(Cc4ccccc4)[C@@H](C(=O)O)C(C)C)cc3)n2)s1. The quantitative estimate of drug-likeness (QED) is 0.334. The summed E-state index contributed by atoms with van der Waals surface area (Å²) in [5.74, 6) is -0.909. The van der Waals surface area contributed by atoms with Gasteiger partial charge in [0.15, 0.2) is 0 Å². The monoisotopic (exact) mass is 511 g/mol. The largest absolute Gasteiger partial charge is 0.480 e. The number of aryl methyl sites for hydroxylation is 1. The molecule has 2 aromatic carbocycles. The van der Waals surface area contributed by atoms with Crippen LogP contribution in [0.15, 0.2) is 76.1 Å². The van der Waals surface area contributed by atoms with Crippen LogP contribution in [0.4, 0.5) is 0 Å². The van der Waals surface area contributed by atoms with Crippen molar-refractivity contribution in [1.29, 1.82) is 0 Å². The predicted octanol–water partition coefficient (Wildman–Crippen LogP) is 5.07. The molecule has 0 saturated carbocycles. The van der Waals surface area contributed by atoms with Crippen LogP contribution in [0.1, 0.15) is 24.3 Å². The first-order chi connectivity index (χ1) is 16.7. The lowest BCUT2D eigenvalue weighted by atomic mass is 10.0. The molecule has 1 N–H and O–H groups in total. The molecule has 4 aromatic rings. The van der Waals surface area contributed by atoms with Gasteiger partial charge in [-0.1, -0.05) is 49.3 Å². The van der Waals surface area contributed by atoms with E-state index in [0.717, 1.165) is 14.1 Å². The summed E-state index contributed by atoms with van der Waals surface area (Å²) >= 11 is 1.55. The zero-order chi connectivity index (χ0) is 25.2. The van der Waals surface area contributed by atoms with Gasteiger partial charge in [-0.2, -0.15) is 9.29 Å². The highest BCUT2D eigenvalue weighted by Crippen LogP contribution is 2.29. The maximum absolute atomic E-state index is 13.6. The van der Waals surface area contributed by atoms with Crippen molar-refractivity contribution in [3.63, 3.8) is 0 Å². The topological polar surface area (TPSA) is 114 Å². The molecule has 35 heavy (non-hydrogen) atoms. The Morgan fingerprint density at radius 1 is 1.06 bits per heavy atom. The number of carboxylic acids is 1. The van der Waals surface area contributed by atoms with Crippen molar-refractivity contribution in [2.45, 2.75) is 38.3 Å². The summed E-state index contributed by atoms with van der Waals surface area (Å²) in [4.78, 5) is 18.5. The van der Waals surface area contributed by atoms with Gasteiger partial charge in [-0.25, -0.2) is 8.42 Å². The van der Waals surface area contributed by atoms with Gasteiger partial charge in [0.2, 0.25) is 15.8 Å². The molecule has 0 aliphatic heterocycles. The van der Waals surface area contributed by atoms with Crippen LogP contribution in [-0.2, 0) is 21.4 Å². The van der Waals surface area contributed by atoms with E-state index in [0.29, 0.717) is 17.0 Å². The van der Waals surface area contributed by atoms with E-state index in [2.05, 4.69) is 10.1 Å². The van der Waals surface area contributed by atoms with Gasteiger partial charge in [-0.3, -0.25) is 4.79 Å². The summed E-state index contributed by atoms with van der Waals surface area (Å²) in [5.41, 5.74) is 1.26. The Morgan fingerprint density at radius 3 is 2.31 bits per heavy atom. The molecule has 2 aromatic heterocycles. The molecule has 2 heterocycles. The zero-order valence-corrected chi connectivity index (χ0v) is 21.1. The zero-order valence-electron chi connectivity index (χ0n) is 19.5. The first-order valence-electron chi connectivity index (χ1n) is 11.0. The van der Waals surface area contributed by atoms with Crippen LogP contribution in [0.3, 0.4) is 0 Å². The average molecular weight is 512 g/mol. The first kappa shape index (κ1) is 24.8. The third-order valence-corrected chi connectivity index (χ3v) is 8.31. The number of benzene rings is 2. The second-order valence-electron chi connectivity index (χ2n) is 8.42. The lowest BCUT2D eigenvalue weighted by molar-refractivity contribution is -0.143. The van der Waals surface area contributed by atoms with Gasteiger partial charge in [0.25, 0.3) is 5.89 Å². The fourth-order valence-corrected chi connectivity index (χ4v) is 6.23. The number of aliphatic carboxylic acids is 1. The van der Waals surface area contributed by atoms with Gasteiger partial charge in [0.1, 0.15) is 6.04 Å². The van der Waals surface area contributed by atoms with Crippen molar-refractivity contribution >= 4 is 27.3 Å². The number of hydrogen-bond acceptors (Lipinski definition) is 7. The maximum Gasteiger partial charge on any atom is 0.322 e. The number of nitrogens with zero attached hydrogens (tertiary/aromatic N) is 3. The minimum atomic E-state index is -4.13. The molecule has 0 amide bonds. The van der Waals surface area contributed by atoms with Crippen LogP contribution in [0.5, 0.6) is 0 Å². The van der Waals surface area contributed by atoms with Gasteiger partial charge >= 0.3 is 5.97 Å². The van der Waals surface area contributed by atoms with E-state index in [9.17, 15) is 18.3 Å². The van der Waals surface area contributed by atoms with Crippen LogP contribution < -0.4 is 0 Å². The Hall–Kier alpha value is -3.34. The Balaban J connectivity index is 1.66. The summed E-state index contributed by atoms with van der Waals surface area (Å²) < 4.78 is 33.7. The molecular weight excluding hydrogens is 486 g/mol. The highest BCUT2D eigenvalue weighted by molar-refractivity contribution is 7.89. The fourth-order valence-electron chi connectivity index (χ4n) is 3.74. The molecule has 0 aliphatic rings. The maximum atomic E-state index is 13.6. The van der Waals surface area contributed by atoms with Gasteiger partial charge in [0, 0.05) is 17.0 Å². The molecular formula is C25H25N3O5S2. The Kier molecular flexibility index (Phi) is 7.15. The van der Waals surface area contributed by atoms with Crippen LogP contribution in [0.2, 0.25) is 0 Å². The third kappa shape index (κ3) is 5.34. The highest BCUT2D eigenvalue weighted by atomic mass is 32.2. The summed E-state index contributed by atoms with van der Waals surface area (Å²) in [6.45, 7) is 5.31. The number of carbonyl (C=O) groups is 1. The summed E-state index contributed by atoms with van der Waals surface area (Å²) in [6, 6.07) is 17.6. The number of rotatable bonds is 9. The lowest BCUT2D eigenvalue weighted by Crippen LogP contribution is -2.47. The molecule has 4 rings (SSSR count). The Labute approximate surface area is 207 Å². The van der Waals surface area contributed by atoms with Crippen LogP contribution in [-0.4, -0.2) is 40.0 Å². The molecule has 0 unspecified atom stereocenters. The summed E-state index contributed by atoms with van der Waals surface area (Å²) in [5, 5.41) is 13.9. The number of thiophene rings is 1. The van der Waals surface area contributed by atoms with Crippen molar-refractivity contribution in [1.82, 2.24) is 14.4 Å².